The second-order valence-electron chi connectivity index (χ2n) is 10.5. The molecule has 1 aliphatic heterocycles. The van der Waals surface area contributed by atoms with Crippen LogP contribution in [0.3, 0.4) is 0 Å². The minimum Gasteiger partial charge on any atom is -0.463 e. The maximum absolute atomic E-state index is 14.2. The molecule has 7 nitrogen and oxygen atoms in total. The number of carbonyl (C=O) groups excluding carboxylic acids is 1. The summed E-state index contributed by atoms with van der Waals surface area (Å²) in [6.45, 7) is 2.46. The van der Waals surface area contributed by atoms with Crippen molar-refractivity contribution in [1.29, 1.82) is 0 Å². The van der Waals surface area contributed by atoms with Crippen LogP contribution in [0.25, 0.3) is 0 Å². The summed E-state index contributed by atoms with van der Waals surface area (Å²) in [6, 6.07) is 38.6. The molecule has 0 bridgehead atoms. The van der Waals surface area contributed by atoms with E-state index in [0.29, 0.717) is 4.90 Å². The zero-order valence-corrected chi connectivity index (χ0v) is 25.6. The zero-order valence-electron chi connectivity index (χ0n) is 24.7. The van der Waals surface area contributed by atoms with Gasteiger partial charge in [-0.1, -0.05) is 116 Å². The van der Waals surface area contributed by atoms with E-state index in [-0.39, 0.29) is 38.8 Å². The lowest BCUT2D eigenvalue weighted by Gasteiger charge is -2.45. The standard InChI is InChI=1S/C36H38O7S/c1-2-32(37)39-26-31-33(40-23-27-15-7-3-8-16-27)34(41-24-28-17-9-4-10-18-28)35(42-25-29-19-11-5-12-20-29)36(43-31)44(38)30-21-13-6-14-22-30/h3-22,31,33-36H,2,23-26H2,1H3/t31?,33-,34-,35?,36+,44?/m0/s1. The highest BCUT2D eigenvalue weighted by Gasteiger charge is 2.51. The van der Waals surface area contributed by atoms with Crippen molar-refractivity contribution in [2.24, 2.45) is 0 Å². The first-order valence-corrected chi connectivity index (χ1v) is 16.1. The Labute approximate surface area is 261 Å². The van der Waals surface area contributed by atoms with Crippen LogP contribution in [0.2, 0.25) is 0 Å². The predicted octanol–water partition coefficient (Wildman–Crippen LogP) is 6.23. The number of ether oxygens (including phenoxy) is 5. The van der Waals surface area contributed by atoms with Gasteiger partial charge >= 0.3 is 5.97 Å². The van der Waals surface area contributed by atoms with Gasteiger partial charge in [0.05, 0.1) is 30.6 Å². The second-order valence-corrected chi connectivity index (χ2v) is 12.0. The molecule has 0 radical (unpaired) electrons. The van der Waals surface area contributed by atoms with Crippen LogP contribution in [-0.2, 0) is 59.1 Å². The lowest BCUT2D eigenvalue weighted by molar-refractivity contribution is -0.254. The van der Waals surface area contributed by atoms with Crippen LogP contribution in [-0.4, -0.2) is 46.6 Å². The molecular weight excluding hydrogens is 576 g/mol. The van der Waals surface area contributed by atoms with Crippen LogP contribution in [0.5, 0.6) is 0 Å². The molecule has 0 amide bonds. The first kappa shape index (κ1) is 31.8. The second kappa shape index (κ2) is 16.4. The van der Waals surface area contributed by atoms with E-state index in [2.05, 4.69) is 0 Å². The van der Waals surface area contributed by atoms with Crippen molar-refractivity contribution in [3.63, 3.8) is 0 Å². The highest BCUT2D eigenvalue weighted by atomic mass is 32.2. The molecule has 3 unspecified atom stereocenters. The average molecular weight is 615 g/mol. The molecule has 44 heavy (non-hydrogen) atoms. The third-order valence-corrected chi connectivity index (χ3v) is 8.87. The van der Waals surface area contributed by atoms with Gasteiger partial charge in [0, 0.05) is 11.3 Å². The molecule has 1 saturated heterocycles. The maximum Gasteiger partial charge on any atom is 0.305 e. The predicted molar refractivity (Wildman–Crippen MR) is 168 cm³/mol. The smallest absolute Gasteiger partial charge is 0.305 e. The number of carbonyl (C=O) groups is 1. The fourth-order valence-corrected chi connectivity index (χ4v) is 6.43. The fourth-order valence-electron chi connectivity index (χ4n) is 5.02. The van der Waals surface area contributed by atoms with E-state index in [9.17, 15) is 9.00 Å². The third kappa shape index (κ3) is 8.71. The van der Waals surface area contributed by atoms with Crippen LogP contribution >= 0.6 is 0 Å². The topological polar surface area (TPSA) is 80.3 Å². The van der Waals surface area contributed by atoms with Crippen LogP contribution in [0.4, 0.5) is 0 Å². The Hall–Kier alpha value is -3.66. The molecule has 0 aliphatic carbocycles. The summed E-state index contributed by atoms with van der Waals surface area (Å²) in [5.74, 6) is -0.361. The van der Waals surface area contributed by atoms with Crippen molar-refractivity contribution in [2.45, 2.75) is 67.9 Å². The first-order chi connectivity index (χ1) is 21.6. The molecule has 1 fully saturated rings. The lowest BCUT2D eigenvalue weighted by Crippen LogP contribution is -2.62. The zero-order chi connectivity index (χ0) is 30.6. The Kier molecular flexibility index (Phi) is 11.9. The van der Waals surface area contributed by atoms with Gasteiger partial charge in [0.25, 0.3) is 0 Å². The van der Waals surface area contributed by atoms with Crippen molar-refractivity contribution in [1.82, 2.24) is 0 Å². The van der Waals surface area contributed by atoms with E-state index in [0.717, 1.165) is 16.7 Å². The quantitative estimate of drug-likeness (QED) is 0.156. The molecule has 0 spiro atoms. The van der Waals surface area contributed by atoms with Crippen molar-refractivity contribution >= 4 is 16.8 Å². The number of benzene rings is 4. The minimum atomic E-state index is -1.64. The summed E-state index contributed by atoms with van der Waals surface area (Å²) in [6.07, 6.45) is -2.73. The number of hydrogen-bond acceptors (Lipinski definition) is 7. The Bertz CT molecular complexity index is 1440. The summed E-state index contributed by atoms with van der Waals surface area (Å²) in [4.78, 5) is 12.9. The molecule has 1 heterocycles. The molecule has 1 aliphatic rings. The van der Waals surface area contributed by atoms with Crippen molar-refractivity contribution in [2.75, 3.05) is 6.61 Å². The normalized spacial score (nSPS) is 22.2. The molecule has 6 atom stereocenters. The van der Waals surface area contributed by atoms with E-state index in [1.165, 1.54) is 0 Å². The molecule has 0 aromatic heterocycles. The largest absolute Gasteiger partial charge is 0.463 e. The minimum absolute atomic E-state index is 0.0782. The van der Waals surface area contributed by atoms with Gasteiger partial charge in [-0.25, -0.2) is 0 Å². The molecule has 0 saturated carbocycles. The Morgan fingerprint density at radius 1 is 0.636 bits per heavy atom. The number of hydrogen-bond donors (Lipinski definition) is 0. The Balaban J connectivity index is 1.51. The van der Waals surface area contributed by atoms with Gasteiger partial charge in [0.15, 0.2) is 5.44 Å². The summed E-state index contributed by atoms with van der Waals surface area (Å²) in [5.41, 5.74) is 1.97. The monoisotopic (exact) mass is 614 g/mol. The molecular formula is C36H38O7S. The number of rotatable bonds is 14. The molecule has 230 valence electrons. The van der Waals surface area contributed by atoms with Crippen molar-refractivity contribution < 1.29 is 32.7 Å². The molecule has 8 heteroatoms. The van der Waals surface area contributed by atoms with Gasteiger partial charge in [-0.05, 0) is 28.8 Å². The van der Waals surface area contributed by atoms with Gasteiger partial charge in [0.1, 0.15) is 31.0 Å². The first-order valence-electron chi connectivity index (χ1n) is 14.9. The highest BCUT2D eigenvalue weighted by molar-refractivity contribution is 7.85. The van der Waals surface area contributed by atoms with E-state index >= 15 is 0 Å². The molecule has 5 rings (SSSR count). The van der Waals surface area contributed by atoms with E-state index < -0.39 is 40.7 Å². The molecule has 0 N–H and O–H groups in total. The van der Waals surface area contributed by atoms with Gasteiger partial charge in [-0.3, -0.25) is 9.00 Å². The van der Waals surface area contributed by atoms with Gasteiger partial charge in [0.2, 0.25) is 0 Å². The lowest BCUT2D eigenvalue weighted by atomic mass is 9.98. The summed E-state index contributed by atoms with van der Waals surface area (Å²) >= 11 is 0. The number of esters is 1. The Morgan fingerprint density at radius 2 is 1.07 bits per heavy atom. The maximum atomic E-state index is 14.2. The molecule has 4 aromatic carbocycles. The van der Waals surface area contributed by atoms with Crippen molar-refractivity contribution in [3.05, 3.63) is 138 Å². The summed E-state index contributed by atoms with van der Waals surface area (Å²) in [5, 5.41) is 0. The van der Waals surface area contributed by atoms with Crippen LogP contribution in [0, 0.1) is 0 Å². The van der Waals surface area contributed by atoms with Gasteiger partial charge < -0.3 is 23.7 Å². The van der Waals surface area contributed by atoms with Gasteiger partial charge in [-0.2, -0.15) is 0 Å². The third-order valence-electron chi connectivity index (χ3n) is 7.33. The Morgan fingerprint density at radius 3 is 1.55 bits per heavy atom. The average Bonchev–Trinajstić information content (AvgIpc) is 3.09. The van der Waals surface area contributed by atoms with E-state index in [1.54, 1.807) is 19.1 Å². The van der Waals surface area contributed by atoms with Crippen LogP contribution in [0.15, 0.2) is 126 Å². The molecule has 4 aromatic rings. The fraction of sp³-hybridized carbons (Fsp3) is 0.306. The SMILES string of the molecule is CCC(=O)OCC1O[C@H](S(=O)c2ccccc2)C(OCc2ccccc2)[C@@H](OCc2ccccc2)[C@H]1OCc1ccccc1. The summed E-state index contributed by atoms with van der Waals surface area (Å²) < 4.78 is 46.1. The summed E-state index contributed by atoms with van der Waals surface area (Å²) in [7, 11) is -1.64. The van der Waals surface area contributed by atoms with E-state index in [1.807, 2.05) is 109 Å². The van der Waals surface area contributed by atoms with Crippen LogP contribution < -0.4 is 0 Å². The van der Waals surface area contributed by atoms with Crippen LogP contribution in [0.1, 0.15) is 30.0 Å². The van der Waals surface area contributed by atoms with Gasteiger partial charge in [-0.15, -0.1) is 0 Å². The highest BCUT2D eigenvalue weighted by Crippen LogP contribution is 2.34. The van der Waals surface area contributed by atoms with E-state index in [4.69, 9.17) is 23.7 Å². The van der Waals surface area contributed by atoms with Crippen molar-refractivity contribution in [3.8, 4) is 0 Å².